The van der Waals surface area contributed by atoms with E-state index in [0.717, 1.165) is 36.7 Å². The van der Waals surface area contributed by atoms with E-state index in [1.165, 1.54) is 0 Å². The van der Waals surface area contributed by atoms with Gasteiger partial charge in [0, 0.05) is 18.3 Å². The van der Waals surface area contributed by atoms with Crippen LogP contribution in [0.1, 0.15) is 33.1 Å². The minimum atomic E-state index is -0.116. The third kappa shape index (κ3) is 4.26. The normalized spacial score (nSPS) is 14.7. The number of hydrogen-bond donors (Lipinski definition) is 2. The van der Waals surface area contributed by atoms with Crippen molar-refractivity contribution >= 4 is 11.8 Å². The molecule has 6 heteroatoms. The van der Waals surface area contributed by atoms with Crippen molar-refractivity contribution in [3.05, 3.63) is 6.33 Å². The third-order valence-electron chi connectivity index (χ3n) is 3.23. The van der Waals surface area contributed by atoms with Crippen LogP contribution < -0.4 is 5.32 Å². The van der Waals surface area contributed by atoms with E-state index in [2.05, 4.69) is 29.2 Å². The van der Waals surface area contributed by atoms with E-state index in [9.17, 15) is 5.11 Å². The summed E-state index contributed by atoms with van der Waals surface area (Å²) < 4.78 is 1.79. The smallest absolute Gasteiger partial charge is 0.185 e. The minimum absolute atomic E-state index is 0.116. The van der Waals surface area contributed by atoms with Crippen LogP contribution in [0.4, 0.5) is 0 Å². The van der Waals surface area contributed by atoms with Gasteiger partial charge in [-0.1, -0.05) is 25.6 Å². The standard InChI is InChI=1S/C12H24N4OS/c1-4-12(9-17,14-5-2)7-6-8-18-11-13-10-15-16(11)3/h10,14,17H,4-9H2,1-3H3. The van der Waals surface area contributed by atoms with E-state index in [-0.39, 0.29) is 12.1 Å². The fourth-order valence-corrected chi connectivity index (χ4v) is 2.83. The van der Waals surface area contributed by atoms with Gasteiger partial charge in [-0.25, -0.2) is 9.67 Å². The van der Waals surface area contributed by atoms with Crippen LogP contribution >= 0.6 is 11.8 Å². The van der Waals surface area contributed by atoms with Gasteiger partial charge >= 0.3 is 0 Å². The van der Waals surface area contributed by atoms with Crippen molar-refractivity contribution in [1.82, 2.24) is 20.1 Å². The first-order chi connectivity index (χ1) is 8.67. The predicted molar refractivity (Wildman–Crippen MR) is 74.7 cm³/mol. The number of nitrogens with zero attached hydrogens (tertiary/aromatic N) is 3. The lowest BCUT2D eigenvalue weighted by Crippen LogP contribution is -2.48. The molecule has 0 saturated carbocycles. The molecule has 0 fully saturated rings. The van der Waals surface area contributed by atoms with Gasteiger partial charge in [0.1, 0.15) is 6.33 Å². The number of nitrogens with one attached hydrogen (secondary N) is 1. The first kappa shape index (κ1) is 15.5. The van der Waals surface area contributed by atoms with Gasteiger partial charge in [0.25, 0.3) is 0 Å². The van der Waals surface area contributed by atoms with Crippen molar-refractivity contribution in [2.24, 2.45) is 7.05 Å². The molecule has 0 aliphatic heterocycles. The van der Waals surface area contributed by atoms with Crippen molar-refractivity contribution in [2.75, 3.05) is 18.9 Å². The summed E-state index contributed by atoms with van der Waals surface area (Å²) in [7, 11) is 1.90. The Kier molecular flexibility index (Phi) is 6.67. The lowest BCUT2D eigenvalue weighted by atomic mass is 9.91. The third-order valence-corrected chi connectivity index (χ3v) is 4.35. The van der Waals surface area contributed by atoms with Gasteiger partial charge in [-0.05, 0) is 25.8 Å². The molecule has 0 saturated heterocycles. The van der Waals surface area contributed by atoms with Crippen molar-refractivity contribution in [2.45, 2.75) is 43.8 Å². The topological polar surface area (TPSA) is 63.0 Å². The maximum absolute atomic E-state index is 9.54. The average Bonchev–Trinajstić information content (AvgIpc) is 2.79. The summed E-state index contributed by atoms with van der Waals surface area (Å²) >= 11 is 1.71. The first-order valence-electron chi connectivity index (χ1n) is 6.50. The van der Waals surface area contributed by atoms with E-state index in [1.807, 2.05) is 7.05 Å². The van der Waals surface area contributed by atoms with Crippen LogP contribution in [0, 0.1) is 0 Å². The van der Waals surface area contributed by atoms with E-state index >= 15 is 0 Å². The first-order valence-corrected chi connectivity index (χ1v) is 7.48. The van der Waals surface area contributed by atoms with Crippen molar-refractivity contribution < 1.29 is 5.11 Å². The molecular weight excluding hydrogens is 248 g/mol. The number of hydrogen-bond acceptors (Lipinski definition) is 5. The second kappa shape index (κ2) is 7.76. The summed E-state index contributed by atoms with van der Waals surface area (Å²) in [5, 5.41) is 17.9. The Morgan fingerprint density at radius 1 is 1.50 bits per heavy atom. The Balaban J connectivity index is 2.33. The Labute approximate surface area is 113 Å². The number of rotatable bonds is 9. The van der Waals surface area contributed by atoms with Crippen molar-refractivity contribution in [1.29, 1.82) is 0 Å². The molecule has 0 amide bonds. The molecule has 1 aromatic rings. The molecule has 1 atom stereocenters. The zero-order chi connectivity index (χ0) is 13.4. The maximum atomic E-state index is 9.54. The SMILES string of the molecule is CCNC(CC)(CO)CCCSc1ncnn1C. The number of aryl methyl sites for hydroxylation is 1. The van der Waals surface area contributed by atoms with Crippen LogP contribution in [0.25, 0.3) is 0 Å². The number of thioether (sulfide) groups is 1. The van der Waals surface area contributed by atoms with Crippen LogP contribution in [0.15, 0.2) is 11.5 Å². The highest BCUT2D eigenvalue weighted by molar-refractivity contribution is 7.99. The number of likely N-dealkylation sites (N-methyl/N-ethyl adjacent to an activating group) is 1. The van der Waals surface area contributed by atoms with Crippen LogP contribution in [0.5, 0.6) is 0 Å². The maximum Gasteiger partial charge on any atom is 0.185 e. The summed E-state index contributed by atoms with van der Waals surface area (Å²) in [4.78, 5) is 4.18. The number of aliphatic hydroxyl groups is 1. The van der Waals surface area contributed by atoms with E-state index < -0.39 is 0 Å². The molecule has 2 N–H and O–H groups in total. The van der Waals surface area contributed by atoms with Crippen LogP contribution in [-0.4, -0.2) is 44.3 Å². The monoisotopic (exact) mass is 272 g/mol. The zero-order valence-electron chi connectivity index (χ0n) is 11.5. The van der Waals surface area contributed by atoms with Gasteiger partial charge in [-0.3, -0.25) is 0 Å². The molecule has 1 heterocycles. The summed E-state index contributed by atoms with van der Waals surface area (Å²) in [6.45, 7) is 5.29. The number of aromatic nitrogens is 3. The second-order valence-corrected chi connectivity index (χ2v) is 5.50. The molecule has 0 aliphatic rings. The Morgan fingerprint density at radius 3 is 2.78 bits per heavy atom. The zero-order valence-corrected chi connectivity index (χ0v) is 12.3. The summed E-state index contributed by atoms with van der Waals surface area (Å²) in [5.41, 5.74) is -0.116. The van der Waals surface area contributed by atoms with Crippen LogP contribution in [0.3, 0.4) is 0 Å². The Bertz CT molecular complexity index is 339. The van der Waals surface area contributed by atoms with E-state index in [1.54, 1.807) is 22.8 Å². The largest absolute Gasteiger partial charge is 0.394 e. The molecule has 1 aromatic heterocycles. The molecule has 0 aliphatic carbocycles. The molecule has 5 nitrogen and oxygen atoms in total. The Hall–Kier alpha value is -0.590. The molecule has 0 aromatic carbocycles. The van der Waals surface area contributed by atoms with Gasteiger partial charge in [0.15, 0.2) is 5.16 Å². The van der Waals surface area contributed by atoms with E-state index in [0.29, 0.717) is 0 Å². The lowest BCUT2D eigenvalue weighted by Gasteiger charge is -2.31. The molecule has 0 bridgehead atoms. The van der Waals surface area contributed by atoms with Gasteiger partial charge in [0.05, 0.1) is 6.61 Å². The fraction of sp³-hybridized carbons (Fsp3) is 0.833. The average molecular weight is 272 g/mol. The highest BCUT2D eigenvalue weighted by Gasteiger charge is 2.25. The van der Waals surface area contributed by atoms with Crippen molar-refractivity contribution in [3.63, 3.8) is 0 Å². The fourth-order valence-electron chi connectivity index (χ4n) is 2.00. The van der Waals surface area contributed by atoms with E-state index in [4.69, 9.17) is 0 Å². The molecule has 18 heavy (non-hydrogen) atoms. The van der Waals surface area contributed by atoms with Crippen molar-refractivity contribution in [3.8, 4) is 0 Å². The summed E-state index contributed by atoms with van der Waals surface area (Å²) in [5.74, 6) is 1.000. The Morgan fingerprint density at radius 2 is 2.28 bits per heavy atom. The quantitative estimate of drug-likeness (QED) is 0.526. The predicted octanol–water partition coefficient (Wildman–Crippen LogP) is 1.44. The van der Waals surface area contributed by atoms with Gasteiger partial charge in [-0.2, -0.15) is 5.10 Å². The van der Waals surface area contributed by atoms with Crippen LogP contribution in [-0.2, 0) is 7.05 Å². The highest BCUT2D eigenvalue weighted by Crippen LogP contribution is 2.21. The number of aliphatic hydroxyl groups excluding tert-OH is 1. The summed E-state index contributed by atoms with van der Waals surface area (Å²) in [6.07, 6.45) is 4.56. The molecule has 1 unspecified atom stereocenters. The molecule has 104 valence electrons. The minimum Gasteiger partial charge on any atom is -0.394 e. The van der Waals surface area contributed by atoms with Gasteiger partial charge in [0.2, 0.25) is 0 Å². The summed E-state index contributed by atoms with van der Waals surface area (Å²) in [6, 6.07) is 0. The molecule has 0 radical (unpaired) electrons. The molecule has 0 spiro atoms. The van der Waals surface area contributed by atoms with Crippen LogP contribution in [0.2, 0.25) is 0 Å². The second-order valence-electron chi connectivity index (χ2n) is 4.44. The highest BCUT2D eigenvalue weighted by atomic mass is 32.2. The lowest BCUT2D eigenvalue weighted by molar-refractivity contribution is 0.148. The molecular formula is C12H24N4OS. The van der Waals surface area contributed by atoms with Gasteiger partial charge < -0.3 is 10.4 Å². The molecule has 1 rings (SSSR count). The van der Waals surface area contributed by atoms with Gasteiger partial charge in [-0.15, -0.1) is 0 Å².